The Morgan fingerprint density at radius 2 is 1.80 bits per heavy atom. The van der Waals surface area contributed by atoms with E-state index in [4.69, 9.17) is 4.74 Å². The number of carbonyl (C=O) groups is 1. The Bertz CT molecular complexity index is 887. The standard InChI is InChI=1S/C21H27F3N4O2/c1-14(2)28-19(21(22,23)24)18(13-25-28)20(29)27-10-8-26(9-11-27)15(3)16-6-5-7-17(12-16)30-4/h5-7,12-15H,8-11H2,1-4H3. The van der Waals surface area contributed by atoms with Gasteiger partial charge in [-0.05, 0) is 38.5 Å². The topological polar surface area (TPSA) is 50.6 Å². The van der Waals surface area contributed by atoms with Gasteiger partial charge in [0.15, 0.2) is 5.69 Å². The highest BCUT2D eigenvalue weighted by Gasteiger charge is 2.41. The molecule has 0 bridgehead atoms. The molecule has 2 heterocycles. The van der Waals surface area contributed by atoms with Crippen LogP contribution in [-0.2, 0) is 6.18 Å². The highest BCUT2D eigenvalue weighted by molar-refractivity contribution is 5.95. The van der Waals surface area contributed by atoms with Gasteiger partial charge in [0, 0.05) is 38.3 Å². The molecule has 1 aromatic heterocycles. The summed E-state index contributed by atoms with van der Waals surface area (Å²) in [5, 5.41) is 3.82. The van der Waals surface area contributed by atoms with Crippen LogP contribution < -0.4 is 4.74 Å². The number of hydrogen-bond donors (Lipinski definition) is 0. The first-order valence-electron chi connectivity index (χ1n) is 9.95. The molecule has 0 radical (unpaired) electrons. The van der Waals surface area contributed by atoms with Crippen LogP contribution in [0.15, 0.2) is 30.5 Å². The number of nitrogens with zero attached hydrogens (tertiary/aromatic N) is 4. The SMILES string of the molecule is COc1cccc(C(C)N2CCN(C(=O)c3cnn(C(C)C)c3C(F)(F)F)CC2)c1. The fourth-order valence-corrected chi connectivity index (χ4v) is 3.79. The Labute approximate surface area is 174 Å². The summed E-state index contributed by atoms with van der Waals surface area (Å²) < 4.78 is 46.9. The van der Waals surface area contributed by atoms with Crippen molar-refractivity contribution in [3.8, 4) is 5.75 Å². The first-order chi connectivity index (χ1) is 14.1. The number of rotatable bonds is 5. The zero-order valence-corrected chi connectivity index (χ0v) is 17.6. The number of hydrogen-bond acceptors (Lipinski definition) is 4. The maximum atomic E-state index is 13.6. The third kappa shape index (κ3) is 4.45. The van der Waals surface area contributed by atoms with Crippen LogP contribution in [0.5, 0.6) is 5.75 Å². The quantitative estimate of drug-likeness (QED) is 0.728. The highest BCUT2D eigenvalue weighted by Crippen LogP contribution is 2.34. The lowest BCUT2D eigenvalue weighted by Crippen LogP contribution is -2.49. The van der Waals surface area contributed by atoms with E-state index in [1.807, 2.05) is 24.3 Å². The minimum Gasteiger partial charge on any atom is -0.497 e. The van der Waals surface area contributed by atoms with Gasteiger partial charge in [0.2, 0.25) is 0 Å². The lowest BCUT2D eigenvalue weighted by Gasteiger charge is -2.38. The summed E-state index contributed by atoms with van der Waals surface area (Å²) in [5.41, 5.74) is -0.271. The van der Waals surface area contributed by atoms with E-state index in [0.29, 0.717) is 26.2 Å². The smallest absolute Gasteiger partial charge is 0.433 e. The van der Waals surface area contributed by atoms with Gasteiger partial charge >= 0.3 is 6.18 Å². The molecule has 1 atom stereocenters. The molecule has 1 saturated heterocycles. The van der Waals surface area contributed by atoms with Crippen molar-refractivity contribution in [1.82, 2.24) is 19.6 Å². The minimum atomic E-state index is -4.64. The van der Waals surface area contributed by atoms with Crippen LogP contribution in [0, 0.1) is 0 Å². The number of halogens is 3. The number of aromatic nitrogens is 2. The summed E-state index contributed by atoms with van der Waals surface area (Å²) in [6, 6.07) is 7.40. The van der Waals surface area contributed by atoms with E-state index >= 15 is 0 Å². The van der Waals surface area contributed by atoms with Gasteiger partial charge < -0.3 is 9.64 Å². The summed E-state index contributed by atoms with van der Waals surface area (Å²) in [5.74, 6) is 0.151. The Morgan fingerprint density at radius 3 is 2.37 bits per heavy atom. The van der Waals surface area contributed by atoms with Crippen LogP contribution in [0.1, 0.15) is 54.5 Å². The molecule has 1 unspecified atom stereocenters. The van der Waals surface area contributed by atoms with Gasteiger partial charge in [-0.1, -0.05) is 12.1 Å². The van der Waals surface area contributed by atoms with Crippen LogP contribution in [0.3, 0.4) is 0 Å². The Kier molecular flexibility index (Phi) is 6.40. The van der Waals surface area contributed by atoms with Crippen molar-refractivity contribution in [2.75, 3.05) is 33.3 Å². The van der Waals surface area contributed by atoms with Crippen LogP contribution in [0.25, 0.3) is 0 Å². The Morgan fingerprint density at radius 1 is 1.13 bits per heavy atom. The maximum Gasteiger partial charge on any atom is 0.433 e. The molecule has 3 rings (SSSR count). The van der Waals surface area contributed by atoms with E-state index in [1.54, 1.807) is 21.0 Å². The molecule has 9 heteroatoms. The molecule has 0 aliphatic carbocycles. The monoisotopic (exact) mass is 424 g/mol. The molecule has 0 N–H and O–H groups in total. The van der Waals surface area contributed by atoms with Gasteiger partial charge in [0.25, 0.3) is 5.91 Å². The second-order valence-corrected chi connectivity index (χ2v) is 7.72. The number of amides is 1. The Balaban J connectivity index is 1.72. The van der Waals surface area contributed by atoms with E-state index < -0.39 is 23.8 Å². The van der Waals surface area contributed by atoms with E-state index in [-0.39, 0.29) is 11.6 Å². The molecule has 6 nitrogen and oxygen atoms in total. The van der Waals surface area contributed by atoms with Gasteiger partial charge in [-0.3, -0.25) is 14.4 Å². The molecule has 1 fully saturated rings. The molecular formula is C21H27F3N4O2. The fraction of sp³-hybridized carbons (Fsp3) is 0.524. The zero-order valence-electron chi connectivity index (χ0n) is 17.6. The summed E-state index contributed by atoms with van der Waals surface area (Å²) in [7, 11) is 1.62. The van der Waals surface area contributed by atoms with E-state index in [1.165, 1.54) is 4.90 Å². The average molecular weight is 424 g/mol. The normalized spacial score (nSPS) is 16.7. The van der Waals surface area contributed by atoms with Gasteiger partial charge in [0.05, 0.1) is 18.9 Å². The lowest BCUT2D eigenvalue weighted by atomic mass is 10.1. The number of piperazine rings is 1. The number of carbonyl (C=O) groups excluding carboxylic acids is 1. The zero-order chi connectivity index (χ0) is 22.1. The van der Waals surface area contributed by atoms with Gasteiger partial charge in [-0.2, -0.15) is 18.3 Å². The molecular weight excluding hydrogens is 397 g/mol. The third-order valence-corrected chi connectivity index (χ3v) is 5.51. The van der Waals surface area contributed by atoms with Crippen molar-refractivity contribution in [2.24, 2.45) is 0 Å². The second kappa shape index (κ2) is 8.67. The minimum absolute atomic E-state index is 0.103. The number of alkyl halides is 3. The second-order valence-electron chi connectivity index (χ2n) is 7.72. The summed E-state index contributed by atoms with van der Waals surface area (Å²) >= 11 is 0. The molecule has 1 amide bonds. The average Bonchev–Trinajstić information content (AvgIpc) is 3.19. The molecule has 0 spiro atoms. The van der Waals surface area contributed by atoms with Crippen LogP contribution in [0.4, 0.5) is 13.2 Å². The van der Waals surface area contributed by atoms with Crippen LogP contribution >= 0.6 is 0 Å². The molecule has 164 valence electrons. The Hall–Kier alpha value is -2.55. The predicted molar refractivity (Wildman–Crippen MR) is 106 cm³/mol. The molecule has 0 saturated carbocycles. The van der Waals surface area contributed by atoms with E-state index in [9.17, 15) is 18.0 Å². The maximum absolute atomic E-state index is 13.6. The van der Waals surface area contributed by atoms with Crippen molar-refractivity contribution >= 4 is 5.91 Å². The van der Waals surface area contributed by atoms with Gasteiger partial charge in [-0.15, -0.1) is 0 Å². The first-order valence-corrected chi connectivity index (χ1v) is 9.95. The third-order valence-electron chi connectivity index (χ3n) is 5.51. The van der Waals surface area contributed by atoms with Gasteiger partial charge in [-0.25, -0.2) is 0 Å². The summed E-state index contributed by atoms with van der Waals surface area (Å²) in [4.78, 5) is 16.6. The molecule has 2 aromatic rings. The molecule has 1 aliphatic rings. The number of benzene rings is 1. The van der Waals surface area contributed by atoms with Crippen molar-refractivity contribution in [1.29, 1.82) is 0 Å². The summed E-state index contributed by atoms with van der Waals surface area (Å²) in [6.07, 6.45) is -3.61. The van der Waals surface area contributed by atoms with Crippen molar-refractivity contribution in [3.05, 3.63) is 47.3 Å². The summed E-state index contributed by atoms with van der Waals surface area (Å²) in [6.45, 7) is 7.15. The van der Waals surface area contributed by atoms with E-state index in [2.05, 4.69) is 16.9 Å². The van der Waals surface area contributed by atoms with Crippen molar-refractivity contribution in [2.45, 2.75) is 39.0 Å². The van der Waals surface area contributed by atoms with E-state index in [0.717, 1.165) is 22.2 Å². The van der Waals surface area contributed by atoms with Crippen molar-refractivity contribution in [3.63, 3.8) is 0 Å². The largest absolute Gasteiger partial charge is 0.497 e. The molecule has 1 aliphatic heterocycles. The molecule has 30 heavy (non-hydrogen) atoms. The predicted octanol–water partition coefficient (Wildman–Crippen LogP) is 4.01. The highest BCUT2D eigenvalue weighted by atomic mass is 19.4. The first kappa shape index (κ1) is 22.1. The van der Waals surface area contributed by atoms with Gasteiger partial charge in [0.1, 0.15) is 5.75 Å². The lowest BCUT2D eigenvalue weighted by molar-refractivity contribution is -0.145. The van der Waals surface area contributed by atoms with Crippen LogP contribution in [0.2, 0.25) is 0 Å². The molecule has 1 aromatic carbocycles. The number of ether oxygens (including phenoxy) is 1. The van der Waals surface area contributed by atoms with Crippen molar-refractivity contribution < 1.29 is 22.7 Å². The van der Waals surface area contributed by atoms with Crippen LogP contribution in [-0.4, -0.2) is 58.8 Å². The fourth-order valence-electron chi connectivity index (χ4n) is 3.79. The number of methoxy groups -OCH3 is 1.